The van der Waals surface area contributed by atoms with Crippen LogP contribution in [-0.2, 0) is 0 Å². The lowest BCUT2D eigenvalue weighted by atomic mass is 10.1. The van der Waals surface area contributed by atoms with Gasteiger partial charge < -0.3 is 17.6 Å². The molecule has 4 nitrogen and oxygen atoms in total. The van der Waals surface area contributed by atoms with Gasteiger partial charge in [0, 0.05) is 73.8 Å². The van der Waals surface area contributed by atoms with Gasteiger partial charge in [0.15, 0.2) is 0 Å². The van der Waals surface area contributed by atoms with Crippen LogP contribution in [0.15, 0.2) is 170 Å². The summed E-state index contributed by atoms with van der Waals surface area (Å²) >= 11 is 0. The Morgan fingerprint density at radius 2 is 0.533 bits per heavy atom. The van der Waals surface area contributed by atoms with Gasteiger partial charge in [-0.15, -0.1) is 0 Å². The highest BCUT2D eigenvalue weighted by atomic mass is 31.1. The number of hydrogen-bond acceptors (Lipinski definition) is 0. The first-order valence-corrected chi connectivity index (χ1v) is 23.5. The van der Waals surface area contributed by atoms with Crippen molar-refractivity contribution in [3.63, 3.8) is 0 Å². The second kappa shape index (κ2) is 9.79. The molecule has 2 unspecified atom stereocenters. The van der Waals surface area contributed by atoms with E-state index in [-0.39, 0.29) is 0 Å². The van der Waals surface area contributed by atoms with Gasteiger partial charge in [0.05, 0.1) is 66.2 Å². The lowest BCUT2D eigenvalue weighted by molar-refractivity contribution is 1.32. The van der Waals surface area contributed by atoms with E-state index in [1.807, 2.05) is 0 Å². The van der Waals surface area contributed by atoms with Crippen molar-refractivity contribution >= 4 is 155 Å². The van der Waals surface area contributed by atoms with Gasteiger partial charge in [-0.05, 0) is 72.8 Å². The van der Waals surface area contributed by atoms with Crippen LogP contribution in [0.5, 0.6) is 0 Å². The van der Waals surface area contributed by atoms with Gasteiger partial charge in [-0.25, -0.2) is 0 Å². The molecule has 0 aliphatic carbocycles. The van der Waals surface area contributed by atoms with Crippen LogP contribution in [0.2, 0.25) is 0 Å². The standard InChI is InChI=1S/C54H28N4P2/c1-5-17-37-29(13-1)33-25-35-31-15-3-7-19-39(31)57-43-27-44-48(28-47(43)59-45-23-11-9-21-41(45)55(37)49(33)53(59)51(35)57)60-46-24-12-10-22-42(46)56-38-18-6-2-14-30(38)34-26-36-32-16-4-8-20-40(32)58(44)52(36)54(60)50(34)56/h1-28H. The monoisotopic (exact) mass is 794 g/mol. The molecule has 8 heterocycles. The summed E-state index contributed by atoms with van der Waals surface area (Å²) in [6.45, 7) is 0. The van der Waals surface area contributed by atoms with Gasteiger partial charge in [0.25, 0.3) is 0 Å². The largest absolute Gasteiger partial charge is 0.307 e. The minimum absolute atomic E-state index is 0.926. The quantitative estimate of drug-likeness (QED) is 0.107. The van der Waals surface area contributed by atoms with E-state index >= 15 is 0 Å². The Morgan fingerprint density at radius 3 is 0.900 bits per heavy atom. The molecule has 17 aromatic rings. The lowest BCUT2D eigenvalue weighted by Crippen LogP contribution is -1.97. The Balaban J connectivity index is 1.26. The predicted molar refractivity (Wildman–Crippen MR) is 259 cm³/mol. The molecule has 2 atom stereocenters. The van der Waals surface area contributed by atoms with Crippen molar-refractivity contribution < 1.29 is 0 Å². The van der Waals surface area contributed by atoms with Crippen molar-refractivity contribution in [1.29, 1.82) is 0 Å². The Morgan fingerprint density at radius 1 is 0.233 bits per heavy atom. The molecular formula is C54H28N4P2. The summed E-state index contributed by atoms with van der Waals surface area (Å²) in [5, 5.41) is 19.5. The van der Waals surface area contributed by atoms with E-state index < -0.39 is 14.7 Å². The van der Waals surface area contributed by atoms with Gasteiger partial charge in [-0.3, -0.25) is 0 Å². The highest BCUT2D eigenvalue weighted by molar-refractivity contribution is 7.64. The molecule has 0 fully saturated rings. The van der Waals surface area contributed by atoms with Crippen LogP contribution in [0.4, 0.5) is 0 Å². The second-order valence-corrected chi connectivity index (χ2v) is 21.1. The second-order valence-electron chi connectivity index (χ2n) is 16.9. The molecule has 0 N–H and O–H groups in total. The van der Waals surface area contributed by atoms with Crippen molar-refractivity contribution in [2.75, 3.05) is 0 Å². The van der Waals surface area contributed by atoms with Gasteiger partial charge in [0.2, 0.25) is 0 Å². The minimum Gasteiger partial charge on any atom is -0.307 e. The molecule has 0 saturated heterocycles. The average Bonchev–Trinajstić information content (AvgIpc) is 4.04. The lowest BCUT2D eigenvalue weighted by Gasteiger charge is -2.20. The van der Waals surface area contributed by atoms with E-state index in [4.69, 9.17) is 0 Å². The molecule has 0 aliphatic rings. The van der Waals surface area contributed by atoms with Crippen LogP contribution in [0.25, 0.3) is 140 Å². The SMILES string of the molecule is c1ccc2c(c1)c1cc3c4ccccc4n4c5cc6c(cc5p5c7ccccc7n2c1c5c34)p1c2ccccc2n2c3ccccc3c3cc4c5ccccc5n6c4c1c32. The van der Waals surface area contributed by atoms with Gasteiger partial charge in [0.1, 0.15) is 0 Å². The fraction of sp³-hybridized carbons (Fsp3) is 0. The fourth-order valence-corrected chi connectivity index (χ4v) is 18.1. The third kappa shape index (κ3) is 3.06. The smallest absolute Gasteiger partial charge is 0.0678 e. The summed E-state index contributed by atoms with van der Waals surface area (Å²) in [7, 11) is -1.85. The first kappa shape index (κ1) is 29.9. The highest BCUT2D eigenvalue weighted by Gasteiger charge is 2.29. The Bertz CT molecular complexity index is 4530. The van der Waals surface area contributed by atoms with Crippen molar-refractivity contribution in [1.82, 2.24) is 17.6 Å². The van der Waals surface area contributed by atoms with Crippen molar-refractivity contribution in [3.8, 4) is 0 Å². The molecule has 274 valence electrons. The third-order valence-corrected chi connectivity index (χ3v) is 19.5. The molecule has 9 aromatic carbocycles. The number of fused-ring (bicyclic) bond motifs is 24. The zero-order valence-electron chi connectivity index (χ0n) is 31.8. The fourth-order valence-electron chi connectivity index (χ4n) is 12.2. The topological polar surface area (TPSA) is 17.6 Å². The first-order valence-electron chi connectivity index (χ1n) is 20.8. The van der Waals surface area contributed by atoms with E-state index in [1.165, 1.54) is 140 Å². The zero-order valence-corrected chi connectivity index (χ0v) is 33.6. The van der Waals surface area contributed by atoms with Crippen molar-refractivity contribution in [3.05, 3.63) is 170 Å². The average molecular weight is 795 g/mol. The Labute approximate surface area is 340 Å². The molecule has 6 heteroatoms. The van der Waals surface area contributed by atoms with Crippen molar-refractivity contribution in [2.24, 2.45) is 0 Å². The molecule has 8 aromatic heterocycles. The molecule has 0 aliphatic heterocycles. The summed E-state index contributed by atoms with van der Waals surface area (Å²) in [6.07, 6.45) is 0. The maximum Gasteiger partial charge on any atom is 0.0678 e. The van der Waals surface area contributed by atoms with E-state index in [9.17, 15) is 0 Å². The predicted octanol–water partition coefficient (Wildman–Crippen LogP) is 16.0. The Kier molecular flexibility index (Phi) is 4.88. The summed E-state index contributed by atoms with van der Waals surface area (Å²) in [5.41, 5.74) is 15.9. The summed E-state index contributed by atoms with van der Waals surface area (Å²) < 4.78 is 10.5. The van der Waals surface area contributed by atoms with E-state index in [0.29, 0.717) is 0 Å². The maximum absolute atomic E-state index is 2.72. The van der Waals surface area contributed by atoms with E-state index in [0.717, 1.165) is 0 Å². The molecule has 0 amide bonds. The summed E-state index contributed by atoms with van der Waals surface area (Å²) in [5.74, 6) is 0. The minimum atomic E-state index is -0.926. The first-order chi connectivity index (χ1) is 29.8. The molecular weight excluding hydrogens is 767 g/mol. The number of rotatable bonds is 0. The maximum atomic E-state index is 2.72. The molecule has 0 spiro atoms. The van der Waals surface area contributed by atoms with Crippen LogP contribution >= 0.6 is 14.7 Å². The van der Waals surface area contributed by atoms with Crippen molar-refractivity contribution in [2.45, 2.75) is 0 Å². The van der Waals surface area contributed by atoms with Crippen LogP contribution in [-0.4, -0.2) is 17.6 Å². The molecule has 0 saturated carbocycles. The third-order valence-electron chi connectivity index (χ3n) is 14.3. The van der Waals surface area contributed by atoms with Crippen LogP contribution in [0, 0.1) is 0 Å². The van der Waals surface area contributed by atoms with Gasteiger partial charge in [-0.2, -0.15) is 0 Å². The molecule has 0 radical (unpaired) electrons. The van der Waals surface area contributed by atoms with E-state index in [2.05, 4.69) is 187 Å². The number of nitrogens with zero attached hydrogens (tertiary/aromatic N) is 4. The Hall–Kier alpha value is -7.22. The molecule has 60 heavy (non-hydrogen) atoms. The number of hydrogen-bond donors (Lipinski definition) is 0. The summed E-state index contributed by atoms with van der Waals surface area (Å²) in [4.78, 5) is 0. The summed E-state index contributed by atoms with van der Waals surface area (Å²) in [6, 6.07) is 65.4. The number of benzene rings is 9. The van der Waals surface area contributed by atoms with Crippen LogP contribution in [0.3, 0.4) is 0 Å². The number of aromatic nitrogens is 4. The highest BCUT2D eigenvalue weighted by Crippen LogP contribution is 2.60. The van der Waals surface area contributed by atoms with Gasteiger partial charge >= 0.3 is 0 Å². The van der Waals surface area contributed by atoms with E-state index in [1.54, 1.807) is 0 Å². The van der Waals surface area contributed by atoms with Gasteiger partial charge in [-0.1, -0.05) is 112 Å². The number of para-hydroxylation sites is 6. The van der Waals surface area contributed by atoms with Crippen LogP contribution in [0.1, 0.15) is 0 Å². The molecule has 0 bridgehead atoms. The molecule has 17 rings (SSSR count). The zero-order chi connectivity index (χ0) is 38.3. The normalized spacial score (nSPS) is 13.9. The van der Waals surface area contributed by atoms with Crippen LogP contribution < -0.4 is 0 Å².